The lowest BCUT2D eigenvalue weighted by molar-refractivity contribution is 0.00865. The molecule has 1 aliphatic rings. The van der Waals surface area contributed by atoms with E-state index in [1.165, 1.54) is 0 Å². The summed E-state index contributed by atoms with van der Waals surface area (Å²) in [4.78, 5) is 0. The van der Waals surface area contributed by atoms with E-state index in [9.17, 15) is 4.39 Å². The molecule has 1 aliphatic heterocycles. The Morgan fingerprint density at radius 3 is 2.57 bits per heavy atom. The molecule has 0 aromatic heterocycles. The zero-order valence-corrected chi connectivity index (χ0v) is 4.36. The van der Waals surface area contributed by atoms with E-state index >= 15 is 0 Å². The molecule has 7 heavy (non-hydrogen) atoms. The highest BCUT2D eigenvalue weighted by Crippen LogP contribution is 2.18. The van der Waals surface area contributed by atoms with Crippen LogP contribution in [0.3, 0.4) is 0 Å². The first-order valence-electron chi connectivity index (χ1n) is 2.54. The van der Waals surface area contributed by atoms with Gasteiger partial charge in [0.25, 0.3) is 0 Å². The number of hydrogen-bond acceptors (Lipinski definition) is 1. The lowest BCUT2D eigenvalue weighted by atomic mass is 10.2. The second kappa shape index (κ2) is 1.78. The molecule has 1 heterocycles. The van der Waals surface area contributed by atoms with Crippen molar-refractivity contribution in [3.8, 4) is 0 Å². The standard InChI is InChI=1S/C5H9FO/c1-4-2-5(6)7-3-4/h4-5H,2-3H2,1H3. The maximum atomic E-state index is 12.0. The highest BCUT2D eigenvalue weighted by Gasteiger charge is 2.20. The van der Waals surface area contributed by atoms with Gasteiger partial charge in [0.15, 0.2) is 6.36 Å². The average molecular weight is 104 g/mol. The molecule has 2 heteroatoms. The van der Waals surface area contributed by atoms with E-state index in [1.54, 1.807) is 0 Å². The summed E-state index contributed by atoms with van der Waals surface area (Å²) in [5.41, 5.74) is 0. The van der Waals surface area contributed by atoms with Crippen LogP contribution in [0.1, 0.15) is 13.3 Å². The molecule has 0 aromatic rings. The molecule has 0 radical (unpaired) electrons. The van der Waals surface area contributed by atoms with Crippen molar-refractivity contribution >= 4 is 0 Å². The minimum atomic E-state index is -0.977. The maximum absolute atomic E-state index is 12.0. The Bertz CT molecular complexity index is 57.1. The van der Waals surface area contributed by atoms with Crippen LogP contribution in [0.25, 0.3) is 0 Å². The Hall–Kier alpha value is -0.110. The Balaban J connectivity index is 2.26. The summed E-state index contributed by atoms with van der Waals surface area (Å²) in [6.45, 7) is 2.58. The van der Waals surface area contributed by atoms with Crippen molar-refractivity contribution in [3.63, 3.8) is 0 Å². The van der Waals surface area contributed by atoms with E-state index in [0.29, 0.717) is 18.9 Å². The molecule has 42 valence electrons. The third-order valence-corrected chi connectivity index (χ3v) is 1.15. The van der Waals surface area contributed by atoms with Crippen molar-refractivity contribution in [2.75, 3.05) is 6.61 Å². The molecule has 0 spiro atoms. The van der Waals surface area contributed by atoms with Gasteiger partial charge in [-0.05, 0) is 5.92 Å². The van der Waals surface area contributed by atoms with Crippen LogP contribution in [0, 0.1) is 5.92 Å². The fraction of sp³-hybridized carbons (Fsp3) is 1.00. The first-order chi connectivity index (χ1) is 3.29. The maximum Gasteiger partial charge on any atom is 0.199 e. The second-order valence-corrected chi connectivity index (χ2v) is 2.08. The molecule has 2 unspecified atom stereocenters. The highest BCUT2D eigenvalue weighted by atomic mass is 19.1. The van der Waals surface area contributed by atoms with Crippen LogP contribution in [0.15, 0.2) is 0 Å². The zero-order valence-electron chi connectivity index (χ0n) is 4.36. The smallest absolute Gasteiger partial charge is 0.199 e. The summed E-state index contributed by atoms with van der Waals surface area (Å²) in [5.74, 6) is 0.426. The number of alkyl halides is 1. The van der Waals surface area contributed by atoms with Crippen molar-refractivity contribution < 1.29 is 9.13 Å². The fourth-order valence-corrected chi connectivity index (χ4v) is 0.721. The van der Waals surface area contributed by atoms with Crippen molar-refractivity contribution in [1.82, 2.24) is 0 Å². The van der Waals surface area contributed by atoms with E-state index in [0.717, 1.165) is 0 Å². The zero-order chi connectivity index (χ0) is 5.28. The van der Waals surface area contributed by atoms with Crippen LogP contribution in [-0.4, -0.2) is 13.0 Å². The van der Waals surface area contributed by atoms with Crippen molar-refractivity contribution in [3.05, 3.63) is 0 Å². The van der Waals surface area contributed by atoms with Crippen LogP contribution in [-0.2, 0) is 4.74 Å². The number of halogens is 1. The third kappa shape index (κ3) is 1.13. The molecule has 1 nitrogen and oxygen atoms in total. The number of ether oxygens (including phenoxy) is 1. The molecule has 0 aromatic carbocycles. The third-order valence-electron chi connectivity index (χ3n) is 1.15. The fourth-order valence-electron chi connectivity index (χ4n) is 0.721. The monoisotopic (exact) mass is 104 g/mol. The second-order valence-electron chi connectivity index (χ2n) is 2.08. The van der Waals surface area contributed by atoms with E-state index in [4.69, 9.17) is 0 Å². The predicted octanol–water partition coefficient (Wildman–Crippen LogP) is 1.34. The molecule has 0 bridgehead atoms. The molecule has 0 aliphatic carbocycles. The Labute approximate surface area is 42.5 Å². The first kappa shape index (κ1) is 5.04. The van der Waals surface area contributed by atoms with E-state index in [-0.39, 0.29) is 0 Å². The molecular formula is C5H9FO. The van der Waals surface area contributed by atoms with Gasteiger partial charge in [-0.25, -0.2) is 4.39 Å². The van der Waals surface area contributed by atoms with Gasteiger partial charge in [0, 0.05) is 6.42 Å². The lowest BCUT2D eigenvalue weighted by Gasteiger charge is -1.90. The van der Waals surface area contributed by atoms with Gasteiger partial charge in [0.1, 0.15) is 0 Å². The molecule has 0 amide bonds. The number of rotatable bonds is 0. The van der Waals surface area contributed by atoms with Gasteiger partial charge in [-0.1, -0.05) is 6.92 Å². The minimum Gasteiger partial charge on any atom is -0.348 e. The largest absolute Gasteiger partial charge is 0.348 e. The number of hydrogen-bond donors (Lipinski definition) is 0. The predicted molar refractivity (Wildman–Crippen MR) is 24.6 cm³/mol. The summed E-state index contributed by atoms with van der Waals surface area (Å²) < 4.78 is 16.6. The van der Waals surface area contributed by atoms with Gasteiger partial charge in [-0.15, -0.1) is 0 Å². The Kier molecular flexibility index (Phi) is 1.28. The summed E-state index contributed by atoms with van der Waals surface area (Å²) in [6.07, 6.45) is -0.394. The molecule has 1 rings (SSSR count). The van der Waals surface area contributed by atoms with Gasteiger partial charge in [0.2, 0.25) is 0 Å². The SMILES string of the molecule is CC1COC(F)C1. The van der Waals surface area contributed by atoms with Gasteiger partial charge in [-0.3, -0.25) is 0 Å². The van der Waals surface area contributed by atoms with Gasteiger partial charge < -0.3 is 4.74 Å². The summed E-state index contributed by atoms with van der Waals surface area (Å²) in [5, 5.41) is 0. The van der Waals surface area contributed by atoms with Crippen LogP contribution in [0.5, 0.6) is 0 Å². The molecule has 0 N–H and O–H groups in total. The van der Waals surface area contributed by atoms with Crippen LogP contribution >= 0.6 is 0 Å². The molecule has 1 saturated heterocycles. The molecule has 1 fully saturated rings. The quantitative estimate of drug-likeness (QED) is 0.450. The minimum absolute atomic E-state index is 0.426. The van der Waals surface area contributed by atoms with Crippen LogP contribution in [0.4, 0.5) is 4.39 Å². The van der Waals surface area contributed by atoms with E-state index in [2.05, 4.69) is 4.74 Å². The molecular weight excluding hydrogens is 95.1 g/mol. The van der Waals surface area contributed by atoms with Gasteiger partial charge >= 0.3 is 0 Å². The first-order valence-corrected chi connectivity index (χ1v) is 2.54. The van der Waals surface area contributed by atoms with Crippen LogP contribution in [0.2, 0.25) is 0 Å². The highest BCUT2D eigenvalue weighted by molar-refractivity contribution is 4.60. The average Bonchev–Trinajstić information content (AvgIpc) is 1.87. The van der Waals surface area contributed by atoms with Crippen LogP contribution < -0.4 is 0 Å². The van der Waals surface area contributed by atoms with E-state index in [1.807, 2.05) is 6.92 Å². The van der Waals surface area contributed by atoms with Crippen molar-refractivity contribution in [1.29, 1.82) is 0 Å². The Morgan fingerprint density at radius 1 is 1.71 bits per heavy atom. The molecule has 0 saturated carbocycles. The summed E-state index contributed by atoms with van der Waals surface area (Å²) >= 11 is 0. The summed E-state index contributed by atoms with van der Waals surface area (Å²) in [7, 11) is 0. The Morgan fingerprint density at radius 2 is 2.43 bits per heavy atom. The summed E-state index contributed by atoms with van der Waals surface area (Å²) in [6, 6.07) is 0. The van der Waals surface area contributed by atoms with Gasteiger partial charge in [-0.2, -0.15) is 0 Å². The lowest BCUT2D eigenvalue weighted by Crippen LogP contribution is -1.92. The topological polar surface area (TPSA) is 9.23 Å². The normalized spacial score (nSPS) is 42.0. The van der Waals surface area contributed by atoms with E-state index < -0.39 is 6.36 Å². The van der Waals surface area contributed by atoms with Crippen molar-refractivity contribution in [2.45, 2.75) is 19.7 Å². The molecule has 2 atom stereocenters. The van der Waals surface area contributed by atoms with Gasteiger partial charge in [0.05, 0.1) is 6.61 Å². The van der Waals surface area contributed by atoms with Crippen molar-refractivity contribution in [2.24, 2.45) is 5.92 Å².